The van der Waals surface area contributed by atoms with Gasteiger partial charge in [0.05, 0.1) is 16.4 Å². The van der Waals surface area contributed by atoms with Crippen LogP contribution in [0.1, 0.15) is 12.5 Å². The van der Waals surface area contributed by atoms with Crippen LogP contribution in [-0.4, -0.2) is 58.2 Å². The van der Waals surface area contributed by atoms with Crippen LogP contribution in [0.4, 0.5) is 0 Å². The van der Waals surface area contributed by atoms with E-state index in [1.807, 2.05) is 6.92 Å². The van der Waals surface area contributed by atoms with Crippen molar-refractivity contribution >= 4 is 31.6 Å². The molecule has 0 amide bonds. The lowest BCUT2D eigenvalue weighted by Gasteiger charge is -2.33. The van der Waals surface area contributed by atoms with E-state index in [9.17, 15) is 16.8 Å². The topological polar surface area (TPSA) is 84.0 Å². The van der Waals surface area contributed by atoms with Crippen LogP contribution in [-0.2, 0) is 20.0 Å². The molecule has 0 spiro atoms. The summed E-state index contributed by atoms with van der Waals surface area (Å²) in [4.78, 5) is 0.302. The van der Waals surface area contributed by atoms with Crippen molar-refractivity contribution in [3.63, 3.8) is 0 Å². The Morgan fingerprint density at radius 2 is 1.45 bits per heavy atom. The zero-order valence-electron chi connectivity index (χ0n) is 16.2. The summed E-state index contributed by atoms with van der Waals surface area (Å²) in [6.45, 7) is 4.30. The maximum Gasteiger partial charge on any atom is 0.243 e. The van der Waals surface area contributed by atoms with Gasteiger partial charge in [-0.15, -0.1) is 0 Å². The Balaban J connectivity index is 1.75. The van der Waals surface area contributed by atoms with Gasteiger partial charge < -0.3 is 4.74 Å². The Kier molecular flexibility index (Phi) is 6.54. The average Bonchev–Trinajstić information content (AvgIpc) is 2.70. The Hall–Kier alpha value is -1.65. The van der Waals surface area contributed by atoms with Crippen LogP contribution >= 0.6 is 11.6 Å². The standard InChI is InChI=1S/C19H23ClN2O5S2/c1-3-27-16-7-9-17(10-8-16)28(23,24)21-11-13-22(14-12-21)29(25,26)19-6-4-5-18(20)15(19)2/h4-10H,3,11-14H2,1-2H3. The average molecular weight is 459 g/mol. The highest BCUT2D eigenvalue weighted by Gasteiger charge is 2.34. The van der Waals surface area contributed by atoms with Crippen molar-refractivity contribution in [3.8, 4) is 5.75 Å². The second kappa shape index (κ2) is 8.61. The molecule has 3 rings (SSSR count). The molecule has 1 aliphatic heterocycles. The number of hydrogen-bond donors (Lipinski definition) is 0. The number of sulfonamides is 2. The third-order valence-corrected chi connectivity index (χ3v) is 9.17. The fourth-order valence-corrected chi connectivity index (χ4v) is 6.50. The molecule has 29 heavy (non-hydrogen) atoms. The van der Waals surface area contributed by atoms with Crippen molar-refractivity contribution < 1.29 is 21.6 Å². The van der Waals surface area contributed by atoms with Gasteiger partial charge in [-0.2, -0.15) is 8.61 Å². The van der Waals surface area contributed by atoms with E-state index < -0.39 is 20.0 Å². The van der Waals surface area contributed by atoms with E-state index in [0.717, 1.165) is 0 Å². The normalized spacial score (nSPS) is 16.7. The van der Waals surface area contributed by atoms with E-state index in [1.165, 1.54) is 26.8 Å². The molecule has 1 aliphatic rings. The first kappa shape index (κ1) is 22.0. The maximum atomic E-state index is 13.0. The Labute approximate surface area is 176 Å². The summed E-state index contributed by atoms with van der Waals surface area (Å²) in [5.41, 5.74) is 0.485. The van der Waals surface area contributed by atoms with Gasteiger partial charge in [0.15, 0.2) is 0 Å². The minimum atomic E-state index is -3.75. The number of rotatable bonds is 6. The zero-order valence-corrected chi connectivity index (χ0v) is 18.6. The van der Waals surface area contributed by atoms with E-state index in [-0.39, 0.29) is 36.0 Å². The highest BCUT2D eigenvalue weighted by molar-refractivity contribution is 7.89. The van der Waals surface area contributed by atoms with Crippen molar-refractivity contribution in [2.45, 2.75) is 23.6 Å². The monoisotopic (exact) mass is 458 g/mol. The molecule has 10 heteroatoms. The summed E-state index contributed by atoms with van der Waals surface area (Å²) in [5.74, 6) is 0.597. The Morgan fingerprint density at radius 3 is 2.00 bits per heavy atom. The first-order valence-electron chi connectivity index (χ1n) is 9.16. The van der Waals surface area contributed by atoms with Gasteiger partial charge in [0.25, 0.3) is 0 Å². The molecule has 7 nitrogen and oxygen atoms in total. The van der Waals surface area contributed by atoms with Crippen LogP contribution in [0, 0.1) is 6.92 Å². The van der Waals surface area contributed by atoms with Gasteiger partial charge in [0.2, 0.25) is 20.0 Å². The molecule has 0 bridgehead atoms. The molecule has 0 saturated carbocycles. The zero-order chi connectivity index (χ0) is 21.2. The number of halogens is 1. The lowest BCUT2D eigenvalue weighted by Crippen LogP contribution is -2.50. The quantitative estimate of drug-likeness (QED) is 0.664. The van der Waals surface area contributed by atoms with Crippen molar-refractivity contribution in [2.24, 2.45) is 0 Å². The highest BCUT2D eigenvalue weighted by atomic mass is 35.5. The molecule has 0 radical (unpaired) electrons. The highest BCUT2D eigenvalue weighted by Crippen LogP contribution is 2.27. The molecule has 1 saturated heterocycles. The van der Waals surface area contributed by atoms with E-state index in [1.54, 1.807) is 31.2 Å². The minimum Gasteiger partial charge on any atom is -0.494 e. The Bertz CT molecular complexity index is 1080. The molecule has 2 aromatic carbocycles. The van der Waals surface area contributed by atoms with Crippen LogP contribution in [0.5, 0.6) is 5.75 Å². The van der Waals surface area contributed by atoms with Gasteiger partial charge in [0.1, 0.15) is 5.75 Å². The second-order valence-corrected chi connectivity index (χ2v) is 10.8. The molecule has 0 aromatic heterocycles. The predicted octanol–water partition coefficient (Wildman–Crippen LogP) is 2.74. The van der Waals surface area contributed by atoms with Gasteiger partial charge in [-0.3, -0.25) is 0 Å². The van der Waals surface area contributed by atoms with Crippen LogP contribution in [0.2, 0.25) is 5.02 Å². The summed E-state index contributed by atoms with van der Waals surface area (Å²) >= 11 is 6.06. The summed E-state index contributed by atoms with van der Waals surface area (Å²) in [6, 6.07) is 11.0. The third kappa shape index (κ3) is 4.44. The molecule has 0 atom stereocenters. The smallest absolute Gasteiger partial charge is 0.243 e. The third-order valence-electron chi connectivity index (χ3n) is 4.81. The molecular formula is C19H23ClN2O5S2. The Morgan fingerprint density at radius 1 is 0.897 bits per heavy atom. The van der Waals surface area contributed by atoms with Gasteiger partial charge in [0, 0.05) is 31.2 Å². The van der Waals surface area contributed by atoms with E-state index in [2.05, 4.69) is 0 Å². The fraction of sp³-hybridized carbons (Fsp3) is 0.368. The molecule has 1 fully saturated rings. The number of ether oxygens (including phenoxy) is 1. The fourth-order valence-electron chi connectivity index (χ4n) is 3.18. The minimum absolute atomic E-state index is 0.0740. The van der Waals surface area contributed by atoms with Crippen molar-refractivity contribution in [1.82, 2.24) is 8.61 Å². The largest absolute Gasteiger partial charge is 0.494 e. The van der Waals surface area contributed by atoms with Crippen LogP contribution < -0.4 is 4.74 Å². The molecule has 158 valence electrons. The lowest BCUT2D eigenvalue weighted by atomic mass is 10.2. The molecule has 0 aliphatic carbocycles. The first-order valence-corrected chi connectivity index (χ1v) is 12.4. The maximum absolute atomic E-state index is 13.0. The van der Waals surface area contributed by atoms with Crippen LogP contribution in [0.15, 0.2) is 52.3 Å². The molecule has 1 heterocycles. The lowest BCUT2D eigenvalue weighted by molar-refractivity contribution is 0.272. The van der Waals surface area contributed by atoms with Gasteiger partial charge >= 0.3 is 0 Å². The van der Waals surface area contributed by atoms with E-state index >= 15 is 0 Å². The van der Waals surface area contributed by atoms with Crippen molar-refractivity contribution in [1.29, 1.82) is 0 Å². The summed E-state index contributed by atoms with van der Waals surface area (Å²) in [5, 5.41) is 0.378. The molecular weight excluding hydrogens is 436 g/mol. The first-order chi connectivity index (χ1) is 13.7. The summed E-state index contributed by atoms with van der Waals surface area (Å²) in [6.07, 6.45) is 0. The SMILES string of the molecule is CCOc1ccc(S(=O)(=O)N2CCN(S(=O)(=O)c3cccc(Cl)c3C)CC2)cc1. The van der Waals surface area contributed by atoms with E-state index in [4.69, 9.17) is 16.3 Å². The van der Waals surface area contributed by atoms with E-state index in [0.29, 0.717) is 22.9 Å². The molecule has 0 unspecified atom stereocenters. The summed E-state index contributed by atoms with van der Waals surface area (Å²) < 4.78 is 59.7. The number of nitrogens with zero attached hydrogens (tertiary/aromatic N) is 2. The van der Waals surface area contributed by atoms with Crippen LogP contribution in [0.25, 0.3) is 0 Å². The predicted molar refractivity (Wildman–Crippen MR) is 111 cm³/mol. The van der Waals surface area contributed by atoms with Crippen molar-refractivity contribution in [2.75, 3.05) is 32.8 Å². The van der Waals surface area contributed by atoms with Gasteiger partial charge in [-0.25, -0.2) is 16.8 Å². The van der Waals surface area contributed by atoms with Crippen LogP contribution in [0.3, 0.4) is 0 Å². The van der Waals surface area contributed by atoms with Gasteiger partial charge in [-0.05, 0) is 55.8 Å². The second-order valence-electron chi connectivity index (χ2n) is 6.58. The summed E-state index contributed by atoms with van der Waals surface area (Å²) in [7, 11) is -7.46. The number of hydrogen-bond acceptors (Lipinski definition) is 5. The molecule has 2 aromatic rings. The van der Waals surface area contributed by atoms with Gasteiger partial charge in [-0.1, -0.05) is 17.7 Å². The number of benzene rings is 2. The van der Waals surface area contributed by atoms with Crippen molar-refractivity contribution in [3.05, 3.63) is 53.1 Å². The number of piperazine rings is 1. The molecule has 0 N–H and O–H groups in total.